The summed E-state index contributed by atoms with van der Waals surface area (Å²) in [5.41, 5.74) is 1.82. The third kappa shape index (κ3) is 3.05. The van der Waals surface area contributed by atoms with E-state index in [-0.39, 0.29) is 5.92 Å². The average molecular weight is 324 g/mol. The van der Waals surface area contributed by atoms with Crippen molar-refractivity contribution in [3.8, 4) is 0 Å². The molecule has 1 aromatic carbocycles. The molecule has 2 unspecified atom stereocenters. The van der Waals surface area contributed by atoms with Gasteiger partial charge in [-0.2, -0.15) is 0 Å². The maximum atomic E-state index is 12.4. The Kier molecular flexibility index (Phi) is 4.95. The zero-order chi connectivity index (χ0) is 16.5. The molecule has 1 fully saturated rings. The van der Waals surface area contributed by atoms with Gasteiger partial charge in [-0.1, -0.05) is 32.8 Å². The first-order valence-electron chi connectivity index (χ1n) is 7.75. The van der Waals surface area contributed by atoms with E-state index in [2.05, 4.69) is 6.92 Å². The van der Waals surface area contributed by atoms with Crippen molar-refractivity contribution in [2.24, 2.45) is 5.92 Å². The van der Waals surface area contributed by atoms with Gasteiger partial charge in [0.05, 0.1) is 17.6 Å². The van der Waals surface area contributed by atoms with Crippen LogP contribution in [0.4, 0.5) is 0 Å². The van der Waals surface area contributed by atoms with Crippen LogP contribution in [-0.2, 0) is 21.0 Å². The molecule has 0 spiro atoms. The maximum Gasteiger partial charge on any atom is 0.338 e. The number of carbonyl (C=O) groups excluding carboxylic acids is 1. The third-order valence-corrected chi connectivity index (χ3v) is 5.91. The van der Waals surface area contributed by atoms with Crippen molar-refractivity contribution in [1.29, 1.82) is 0 Å². The Morgan fingerprint density at radius 3 is 2.45 bits per heavy atom. The van der Waals surface area contributed by atoms with Gasteiger partial charge in [0.25, 0.3) is 0 Å². The van der Waals surface area contributed by atoms with E-state index in [9.17, 15) is 13.2 Å². The van der Waals surface area contributed by atoms with E-state index >= 15 is 0 Å². The molecule has 0 aliphatic heterocycles. The number of hydrogen-bond donors (Lipinski definition) is 0. The van der Waals surface area contributed by atoms with E-state index in [1.54, 1.807) is 6.07 Å². The minimum Gasteiger partial charge on any atom is -0.465 e. The summed E-state index contributed by atoms with van der Waals surface area (Å²) in [6.45, 7) is 4.04. The smallest absolute Gasteiger partial charge is 0.338 e. The molecule has 1 aliphatic rings. The minimum absolute atomic E-state index is 0.252. The van der Waals surface area contributed by atoms with Gasteiger partial charge in [0.2, 0.25) is 0 Å². The van der Waals surface area contributed by atoms with Crippen LogP contribution in [0, 0.1) is 5.92 Å². The zero-order valence-electron chi connectivity index (χ0n) is 13.7. The van der Waals surface area contributed by atoms with Crippen LogP contribution in [0.1, 0.15) is 60.5 Å². The van der Waals surface area contributed by atoms with E-state index < -0.39 is 15.8 Å². The Hall–Kier alpha value is -1.36. The fraction of sp³-hybridized carbons (Fsp3) is 0.588. The van der Waals surface area contributed by atoms with Gasteiger partial charge in [0, 0.05) is 6.26 Å². The van der Waals surface area contributed by atoms with Crippen molar-refractivity contribution < 1.29 is 17.9 Å². The SMILES string of the molecule is CCc1c(C(=O)OC)ccc(C2CCCC2C)c1S(C)(=O)=O. The van der Waals surface area contributed by atoms with Crippen LogP contribution in [0.5, 0.6) is 0 Å². The lowest BCUT2D eigenvalue weighted by atomic mass is 9.87. The second-order valence-electron chi connectivity index (χ2n) is 6.14. The van der Waals surface area contributed by atoms with Crippen molar-refractivity contribution in [2.75, 3.05) is 13.4 Å². The number of methoxy groups -OCH3 is 1. The molecule has 0 heterocycles. The van der Waals surface area contributed by atoms with Gasteiger partial charge in [-0.25, -0.2) is 13.2 Å². The molecule has 2 rings (SSSR count). The zero-order valence-corrected chi connectivity index (χ0v) is 14.5. The van der Waals surface area contributed by atoms with Crippen molar-refractivity contribution in [3.05, 3.63) is 28.8 Å². The Bertz CT molecular complexity index is 676. The normalized spacial score (nSPS) is 21.8. The number of ether oxygens (including phenoxy) is 1. The Morgan fingerprint density at radius 2 is 2.00 bits per heavy atom. The number of esters is 1. The van der Waals surface area contributed by atoms with Crippen molar-refractivity contribution in [3.63, 3.8) is 0 Å². The van der Waals surface area contributed by atoms with Crippen LogP contribution in [0.25, 0.3) is 0 Å². The summed E-state index contributed by atoms with van der Waals surface area (Å²) in [4.78, 5) is 12.3. The number of hydrogen-bond acceptors (Lipinski definition) is 4. The van der Waals surface area contributed by atoms with Crippen LogP contribution in [-0.4, -0.2) is 27.8 Å². The van der Waals surface area contributed by atoms with Gasteiger partial charge in [-0.3, -0.25) is 0 Å². The molecule has 1 aromatic rings. The van der Waals surface area contributed by atoms with Crippen molar-refractivity contribution in [1.82, 2.24) is 0 Å². The fourth-order valence-electron chi connectivity index (χ4n) is 3.64. The van der Waals surface area contributed by atoms with Gasteiger partial charge < -0.3 is 4.74 Å². The Labute approximate surface area is 132 Å². The summed E-state index contributed by atoms with van der Waals surface area (Å²) >= 11 is 0. The molecule has 1 saturated carbocycles. The molecule has 22 heavy (non-hydrogen) atoms. The highest BCUT2D eigenvalue weighted by Gasteiger charge is 2.32. The van der Waals surface area contributed by atoms with Gasteiger partial charge in [0.15, 0.2) is 9.84 Å². The molecule has 0 radical (unpaired) electrons. The summed E-state index contributed by atoms with van der Waals surface area (Å²) in [7, 11) is -2.09. The molecular formula is C17H24O4S. The molecular weight excluding hydrogens is 300 g/mol. The Morgan fingerprint density at radius 1 is 1.32 bits per heavy atom. The summed E-state index contributed by atoms with van der Waals surface area (Å²) in [5, 5.41) is 0. The minimum atomic E-state index is -3.41. The highest BCUT2D eigenvalue weighted by Crippen LogP contribution is 2.43. The number of rotatable bonds is 4. The van der Waals surface area contributed by atoms with E-state index in [0.29, 0.717) is 28.4 Å². The lowest BCUT2D eigenvalue weighted by Gasteiger charge is -2.22. The van der Waals surface area contributed by atoms with Crippen molar-refractivity contribution in [2.45, 2.75) is 50.3 Å². The number of carbonyl (C=O) groups is 1. The average Bonchev–Trinajstić information content (AvgIpc) is 2.89. The topological polar surface area (TPSA) is 60.4 Å². The monoisotopic (exact) mass is 324 g/mol. The highest BCUT2D eigenvalue weighted by atomic mass is 32.2. The molecule has 0 bridgehead atoms. The largest absolute Gasteiger partial charge is 0.465 e. The molecule has 1 aliphatic carbocycles. The fourth-order valence-corrected chi connectivity index (χ4v) is 4.98. The van der Waals surface area contributed by atoms with Gasteiger partial charge in [0.1, 0.15) is 0 Å². The first-order chi connectivity index (χ1) is 10.3. The molecule has 5 heteroatoms. The molecule has 0 aromatic heterocycles. The second kappa shape index (κ2) is 6.41. The summed E-state index contributed by atoms with van der Waals surface area (Å²) in [6, 6.07) is 3.54. The number of sulfone groups is 1. The Balaban J connectivity index is 2.73. The van der Waals surface area contributed by atoms with Gasteiger partial charge in [-0.05, 0) is 41.9 Å². The summed E-state index contributed by atoms with van der Waals surface area (Å²) in [6.07, 6.45) is 4.96. The number of benzene rings is 1. The second-order valence-corrected chi connectivity index (χ2v) is 8.09. The van der Waals surface area contributed by atoms with E-state index in [0.717, 1.165) is 24.8 Å². The maximum absolute atomic E-state index is 12.4. The predicted octanol–water partition coefficient (Wildman–Crippen LogP) is 3.34. The van der Waals surface area contributed by atoms with Crippen LogP contribution >= 0.6 is 0 Å². The van der Waals surface area contributed by atoms with Crippen LogP contribution in [0.2, 0.25) is 0 Å². The van der Waals surface area contributed by atoms with Crippen LogP contribution in [0.15, 0.2) is 17.0 Å². The van der Waals surface area contributed by atoms with E-state index in [1.165, 1.54) is 13.4 Å². The first-order valence-corrected chi connectivity index (χ1v) is 9.64. The highest BCUT2D eigenvalue weighted by molar-refractivity contribution is 7.90. The molecule has 0 saturated heterocycles. The van der Waals surface area contributed by atoms with Crippen LogP contribution < -0.4 is 0 Å². The lowest BCUT2D eigenvalue weighted by Crippen LogP contribution is -2.16. The molecule has 2 atom stereocenters. The lowest BCUT2D eigenvalue weighted by molar-refractivity contribution is 0.0599. The molecule has 122 valence electrons. The molecule has 0 N–H and O–H groups in total. The van der Waals surface area contributed by atoms with E-state index in [4.69, 9.17) is 4.74 Å². The summed E-state index contributed by atoms with van der Waals surface area (Å²) < 4.78 is 29.6. The van der Waals surface area contributed by atoms with Crippen molar-refractivity contribution >= 4 is 15.8 Å². The molecule has 4 nitrogen and oxygen atoms in total. The van der Waals surface area contributed by atoms with Gasteiger partial charge >= 0.3 is 5.97 Å². The quantitative estimate of drug-likeness (QED) is 0.797. The first kappa shape index (κ1) is 17.0. The van der Waals surface area contributed by atoms with Crippen LogP contribution in [0.3, 0.4) is 0 Å². The standard InChI is InChI=1S/C17H24O4S/c1-5-12-15(17(18)21-3)10-9-14(16(12)22(4,19)20)13-8-6-7-11(13)2/h9-11,13H,5-8H2,1-4H3. The third-order valence-electron chi connectivity index (χ3n) is 4.68. The predicted molar refractivity (Wildman–Crippen MR) is 86.0 cm³/mol. The van der Waals surface area contributed by atoms with E-state index in [1.807, 2.05) is 13.0 Å². The van der Waals surface area contributed by atoms with Gasteiger partial charge in [-0.15, -0.1) is 0 Å². The molecule has 0 amide bonds. The summed E-state index contributed by atoms with van der Waals surface area (Å²) in [5.74, 6) is 0.240.